The number of rotatable bonds is 10. The normalized spacial score (nSPS) is 10.8. The minimum atomic E-state index is 0.267. The predicted molar refractivity (Wildman–Crippen MR) is 95.4 cm³/mol. The molecule has 2 aromatic rings. The quantitative estimate of drug-likeness (QED) is 0.586. The molecule has 0 amide bonds. The maximum absolute atomic E-state index is 9.35. The standard InChI is InChI=1S/C20H28N2O/c1-2-3-4-5-6-7-8-9-10-18-15-16-21-20(22-18)17-11-13-19(23)14-12-17/h11-16,23H,2-10H2,1H3. The van der Waals surface area contributed by atoms with Gasteiger partial charge in [0.1, 0.15) is 5.75 Å². The molecule has 0 aliphatic carbocycles. The van der Waals surface area contributed by atoms with Crippen LogP contribution in [-0.4, -0.2) is 15.1 Å². The van der Waals surface area contributed by atoms with Gasteiger partial charge in [0.2, 0.25) is 0 Å². The number of phenols is 1. The predicted octanol–water partition coefficient (Wildman–Crippen LogP) is 5.53. The number of aromatic nitrogens is 2. The molecular weight excluding hydrogens is 284 g/mol. The summed E-state index contributed by atoms with van der Waals surface area (Å²) in [4.78, 5) is 8.97. The Hall–Kier alpha value is -1.90. The molecule has 0 radical (unpaired) electrons. The van der Waals surface area contributed by atoms with Gasteiger partial charge in [0.15, 0.2) is 5.82 Å². The molecule has 0 unspecified atom stereocenters. The number of hydrogen-bond donors (Lipinski definition) is 1. The van der Waals surface area contributed by atoms with Crippen LogP contribution in [0.15, 0.2) is 36.5 Å². The van der Waals surface area contributed by atoms with Crippen molar-refractivity contribution in [2.75, 3.05) is 0 Å². The fourth-order valence-corrected chi connectivity index (χ4v) is 2.72. The molecule has 0 atom stereocenters. The highest BCUT2D eigenvalue weighted by Gasteiger charge is 2.03. The molecule has 0 saturated carbocycles. The van der Waals surface area contributed by atoms with Gasteiger partial charge < -0.3 is 5.11 Å². The lowest BCUT2D eigenvalue weighted by atomic mass is 10.1. The van der Waals surface area contributed by atoms with Gasteiger partial charge in [0.05, 0.1) is 0 Å². The molecule has 1 N–H and O–H groups in total. The number of nitrogens with zero attached hydrogens (tertiary/aromatic N) is 2. The number of benzene rings is 1. The Labute approximate surface area is 139 Å². The summed E-state index contributed by atoms with van der Waals surface area (Å²) in [6.45, 7) is 2.26. The molecule has 2 rings (SSSR count). The molecule has 0 aliphatic heterocycles. The highest BCUT2D eigenvalue weighted by Crippen LogP contribution is 2.19. The molecule has 1 aromatic heterocycles. The third kappa shape index (κ3) is 6.39. The Morgan fingerprint density at radius 3 is 2.17 bits per heavy atom. The first kappa shape index (κ1) is 17.5. The highest BCUT2D eigenvalue weighted by atomic mass is 16.3. The van der Waals surface area contributed by atoms with Crippen LogP contribution in [0.1, 0.15) is 64.0 Å². The van der Waals surface area contributed by atoms with Crippen LogP contribution in [0.4, 0.5) is 0 Å². The van der Waals surface area contributed by atoms with Crippen LogP contribution >= 0.6 is 0 Å². The minimum absolute atomic E-state index is 0.267. The number of aromatic hydroxyl groups is 1. The number of hydrogen-bond acceptors (Lipinski definition) is 3. The first-order valence-electron chi connectivity index (χ1n) is 8.91. The molecule has 3 heteroatoms. The average molecular weight is 312 g/mol. The van der Waals surface area contributed by atoms with E-state index in [-0.39, 0.29) is 5.75 Å². The fourth-order valence-electron chi connectivity index (χ4n) is 2.72. The molecule has 1 heterocycles. The van der Waals surface area contributed by atoms with Crippen LogP contribution in [0.3, 0.4) is 0 Å². The summed E-state index contributed by atoms with van der Waals surface area (Å²) in [5.41, 5.74) is 2.05. The van der Waals surface area contributed by atoms with E-state index in [1.165, 1.54) is 51.4 Å². The van der Waals surface area contributed by atoms with Gasteiger partial charge in [-0.25, -0.2) is 9.97 Å². The molecule has 0 bridgehead atoms. The van der Waals surface area contributed by atoms with Crippen molar-refractivity contribution in [1.82, 2.24) is 9.97 Å². The largest absolute Gasteiger partial charge is 0.508 e. The highest BCUT2D eigenvalue weighted by molar-refractivity contribution is 5.55. The molecule has 0 aliphatic rings. The minimum Gasteiger partial charge on any atom is -0.508 e. The maximum Gasteiger partial charge on any atom is 0.159 e. The smallest absolute Gasteiger partial charge is 0.159 e. The summed E-state index contributed by atoms with van der Waals surface area (Å²) in [6.07, 6.45) is 13.5. The van der Waals surface area contributed by atoms with Crippen molar-refractivity contribution >= 4 is 0 Å². The second-order valence-corrected chi connectivity index (χ2v) is 6.14. The molecule has 23 heavy (non-hydrogen) atoms. The van der Waals surface area contributed by atoms with Crippen molar-refractivity contribution in [3.8, 4) is 17.1 Å². The Morgan fingerprint density at radius 1 is 0.826 bits per heavy atom. The molecule has 1 aromatic carbocycles. The number of phenolic OH excluding ortho intramolecular Hbond substituents is 1. The van der Waals surface area contributed by atoms with Crippen molar-refractivity contribution in [1.29, 1.82) is 0 Å². The lowest BCUT2D eigenvalue weighted by molar-refractivity contribution is 0.475. The van der Waals surface area contributed by atoms with Crippen molar-refractivity contribution in [3.05, 3.63) is 42.2 Å². The Balaban J connectivity index is 1.74. The van der Waals surface area contributed by atoms with Crippen molar-refractivity contribution < 1.29 is 5.11 Å². The maximum atomic E-state index is 9.35. The van der Waals surface area contributed by atoms with Crippen molar-refractivity contribution in [2.45, 2.75) is 64.7 Å². The van der Waals surface area contributed by atoms with Gasteiger partial charge in [-0.1, -0.05) is 51.9 Å². The molecule has 124 valence electrons. The average Bonchev–Trinajstić information content (AvgIpc) is 2.58. The Kier molecular flexibility index (Phi) is 7.58. The van der Waals surface area contributed by atoms with E-state index in [2.05, 4.69) is 16.9 Å². The number of unbranched alkanes of at least 4 members (excludes halogenated alkanes) is 7. The molecular formula is C20H28N2O. The first-order chi connectivity index (χ1) is 11.3. The van der Waals surface area contributed by atoms with E-state index in [0.717, 1.165) is 23.5 Å². The summed E-state index contributed by atoms with van der Waals surface area (Å²) in [5.74, 6) is 1.01. The molecule has 0 saturated heterocycles. The monoisotopic (exact) mass is 312 g/mol. The summed E-state index contributed by atoms with van der Waals surface area (Å²) < 4.78 is 0. The van der Waals surface area contributed by atoms with Gasteiger partial charge in [-0.2, -0.15) is 0 Å². The molecule has 0 fully saturated rings. The second-order valence-electron chi connectivity index (χ2n) is 6.14. The van der Waals surface area contributed by atoms with Gasteiger partial charge in [-0.05, 0) is 43.2 Å². The zero-order chi connectivity index (χ0) is 16.3. The summed E-state index contributed by atoms with van der Waals surface area (Å²) in [5, 5.41) is 9.35. The SMILES string of the molecule is CCCCCCCCCCc1ccnc(-c2ccc(O)cc2)n1. The third-order valence-corrected chi connectivity index (χ3v) is 4.13. The topological polar surface area (TPSA) is 46.0 Å². The van der Waals surface area contributed by atoms with E-state index in [4.69, 9.17) is 0 Å². The van der Waals surface area contributed by atoms with Crippen LogP contribution in [0.5, 0.6) is 5.75 Å². The van der Waals surface area contributed by atoms with E-state index >= 15 is 0 Å². The fraction of sp³-hybridized carbons (Fsp3) is 0.500. The summed E-state index contributed by atoms with van der Waals surface area (Å²) in [6, 6.07) is 9.05. The van der Waals surface area contributed by atoms with Crippen molar-refractivity contribution in [2.24, 2.45) is 0 Å². The van der Waals surface area contributed by atoms with Gasteiger partial charge in [0, 0.05) is 17.5 Å². The summed E-state index contributed by atoms with van der Waals surface area (Å²) in [7, 11) is 0. The second kappa shape index (κ2) is 9.98. The Bertz CT molecular complexity index is 566. The summed E-state index contributed by atoms with van der Waals surface area (Å²) >= 11 is 0. The van der Waals surface area contributed by atoms with E-state index in [9.17, 15) is 5.11 Å². The van der Waals surface area contributed by atoms with Crippen LogP contribution in [0, 0.1) is 0 Å². The zero-order valence-electron chi connectivity index (χ0n) is 14.2. The van der Waals surface area contributed by atoms with Gasteiger partial charge in [0.25, 0.3) is 0 Å². The van der Waals surface area contributed by atoms with E-state index < -0.39 is 0 Å². The van der Waals surface area contributed by atoms with Crippen LogP contribution in [-0.2, 0) is 6.42 Å². The lowest BCUT2D eigenvalue weighted by Gasteiger charge is -2.05. The van der Waals surface area contributed by atoms with Gasteiger partial charge >= 0.3 is 0 Å². The zero-order valence-corrected chi connectivity index (χ0v) is 14.2. The van der Waals surface area contributed by atoms with Gasteiger partial charge in [-0.3, -0.25) is 0 Å². The lowest BCUT2D eigenvalue weighted by Crippen LogP contribution is -1.95. The van der Waals surface area contributed by atoms with E-state index in [1.54, 1.807) is 12.1 Å². The molecule has 3 nitrogen and oxygen atoms in total. The van der Waals surface area contributed by atoms with E-state index in [1.807, 2.05) is 24.4 Å². The Morgan fingerprint density at radius 2 is 1.48 bits per heavy atom. The number of aryl methyl sites for hydroxylation is 1. The first-order valence-corrected chi connectivity index (χ1v) is 8.91. The third-order valence-electron chi connectivity index (χ3n) is 4.13. The van der Waals surface area contributed by atoms with Crippen LogP contribution in [0.25, 0.3) is 11.4 Å². The van der Waals surface area contributed by atoms with E-state index in [0.29, 0.717) is 0 Å². The van der Waals surface area contributed by atoms with Crippen LogP contribution < -0.4 is 0 Å². The van der Waals surface area contributed by atoms with Crippen LogP contribution in [0.2, 0.25) is 0 Å². The van der Waals surface area contributed by atoms with Crippen molar-refractivity contribution in [3.63, 3.8) is 0 Å². The van der Waals surface area contributed by atoms with Gasteiger partial charge in [-0.15, -0.1) is 0 Å². The molecule has 0 spiro atoms.